The van der Waals surface area contributed by atoms with Gasteiger partial charge in [0.2, 0.25) is 0 Å². The predicted molar refractivity (Wildman–Crippen MR) is 64.3 cm³/mol. The van der Waals surface area contributed by atoms with E-state index < -0.39 is 0 Å². The average Bonchev–Trinajstić information content (AvgIpc) is 2.38. The summed E-state index contributed by atoms with van der Waals surface area (Å²) in [5.74, 6) is 0.307. The second-order valence-electron chi connectivity index (χ2n) is 3.78. The van der Waals surface area contributed by atoms with E-state index in [1.54, 1.807) is 18.3 Å². The molecule has 0 spiro atoms. The summed E-state index contributed by atoms with van der Waals surface area (Å²) in [6, 6.07) is 10.7. The lowest BCUT2D eigenvalue weighted by Crippen LogP contribution is -1.97. The van der Waals surface area contributed by atoms with Gasteiger partial charge in [-0.2, -0.15) is 5.26 Å². The van der Waals surface area contributed by atoms with E-state index in [4.69, 9.17) is 10.00 Å². The fraction of sp³-hybridized carbons (Fsp3) is 0.143. The van der Waals surface area contributed by atoms with Crippen molar-refractivity contribution in [1.82, 2.24) is 4.98 Å². The molecule has 0 aliphatic rings. The molecule has 0 bridgehead atoms. The zero-order valence-electron chi connectivity index (χ0n) is 9.64. The van der Waals surface area contributed by atoms with Crippen LogP contribution >= 0.6 is 0 Å². The summed E-state index contributed by atoms with van der Waals surface area (Å²) in [7, 11) is 0. The molecule has 0 unspecified atom stereocenters. The van der Waals surface area contributed by atoms with Gasteiger partial charge >= 0.3 is 0 Å². The molecule has 0 atom stereocenters. The topological polar surface area (TPSA) is 45.9 Å². The monoisotopic (exact) mass is 242 g/mol. The van der Waals surface area contributed by atoms with Crippen LogP contribution in [-0.2, 0) is 13.0 Å². The van der Waals surface area contributed by atoms with Crippen molar-refractivity contribution in [2.75, 3.05) is 0 Å². The highest BCUT2D eigenvalue weighted by Crippen LogP contribution is 2.14. The lowest BCUT2D eigenvalue weighted by Gasteiger charge is -2.06. The first-order valence-electron chi connectivity index (χ1n) is 5.46. The molecule has 0 fully saturated rings. The second-order valence-corrected chi connectivity index (χ2v) is 3.78. The lowest BCUT2D eigenvalue weighted by molar-refractivity contribution is 0.305. The fourth-order valence-corrected chi connectivity index (χ4v) is 1.50. The Kier molecular flexibility index (Phi) is 3.87. The molecule has 2 rings (SSSR count). The number of halogens is 1. The first-order chi connectivity index (χ1) is 8.78. The molecule has 0 aliphatic carbocycles. The maximum absolute atomic E-state index is 12.9. The summed E-state index contributed by atoms with van der Waals surface area (Å²) in [6.45, 7) is 0.266. The highest BCUT2D eigenvalue weighted by Gasteiger charge is 1.99. The van der Waals surface area contributed by atoms with Crippen molar-refractivity contribution >= 4 is 0 Å². The zero-order valence-corrected chi connectivity index (χ0v) is 9.64. The van der Waals surface area contributed by atoms with Crippen LogP contribution in [0.4, 0.5) is 4.39 Å². The van der Waals surface area contributed by atoms with Crippen molar-refractivity contribution in [3.8, 4) is 11.8 Å². The summed E-state index contributed by atoms with van der Waals surface area (Å²) >= 11 is 0. The first kappa shape index (κ1) is 12.1. The van der Waals surface area contributed by atoms with E-state index in [2.05, 4.69) is 11.1 Å². The largest absolute Gasteiger partial charge is 0.489 e. The molecule has 3 nitrogen and oxygen atoms in total. The van der Waals surface area contributed by atoms with E-state index in [-0.39, 0.29) is 12.4 Å². The number of hydrogen-bond acceptors (Lipinski definition) is 3. The Balaban J connectivity index is 1.96. The molecular formula is C14H11FN2O. The first-order valence-corrected chi connectivity index (χ1v) is 5.46. The molecule has 0 saturated carbocycles. The smallest absolute Gasteiger partial charge is 0.141 e. The summed E-state index contributed by atoms with van der Waals surface area (Å²) in [5, 5.41) is 8.54. The van der Waals surface area contributed by atoms with Gasteiger partial charge in [0.1, 0.15) is 18.2 Å². The van der Waals surface area contributed by atoms with Gasteiger partial charge in [-0.05, 0) is 23.8 Å². The summed E-state index contributed by atoms with van der Waals surface area (Å²) in [4.78, 5) is 3.74. The summed E-state index contributed by atoms with van der Waals surface area (Å²) in [6.07, 6.45) is 3.10. The van der Waals surface area contributed by atoms with Crippen LogP contribution in [0.1, 0.15) is 11.1 Å². The Labute approximate surface area is 104 Å². The highest BCUT2D eigenvalue weighted by atomic mass is 19.1. The third-order valence-corrected chi connectivity index (χ3v) is 2.37. The fourth-order valence-electron chi connectivity index (χ4n) is 1.50. The molecule has 0 aliphatic heterocycles. The van der Waals surface area contributed by atoms with E-state index in [1.165, 1.54) is 6.07 Å². The number of aromatic nitrogens is 1. The normalized spacial score (nSPS) is 9.78. The van der Waals surface area contributed by atoms with E-state index in [1.807, 2.05) is 12.1 Å². The Hall–Kier alpha value is -2.41. The van der Waals surface area contributed by atoms with Crippen molar-refractivity contribution in [3.63, 3.8) is 0 Å². The third-order valence-electron chi connectivity index (χ3n) is 2.37. The molecule has 1 aromatic carbocycles. The molecule has 1 heterocycles. The summed E-state index contributed by atoms with van der Waals surface area (Å²) in [5.41, 5.74) is 1.62. The van der Waals surface area contributed by atoms with Crippen LogP contribution in [0.3, 0.4) is 0 Å². The van der Waals surface area contributed by atoms with Crippen molar-refractivity contribution < 1.29 is 9.13 Å². The van der Waals surface area contributed by atoms with Crippen LogP contribution < -0.4 is 4.74 Å². The predicted octanol–water partition coefficient (Wildman–Crippen LogP) is 2.87. The van der Waals surface area contributed by atoms with E-state index in [9.17, 15) is 4.39 Å². The average molecular weight is 242 g/mol. The minimum absolute atomic E-state index is 0.266. The number of rotatable bonds is 4. The maximum atomic E-state index is 12.9. The SMILES string of the molecule is N#CCc1ccc(OCc2cncc(F)c2)cc1. The van der Waals surface area contributed by atoms with Gasteiger partial charge in [0.25, 0.3) is 0 Å². The van der Waals surface area contributed by atoms with Crippen molar-refractivity contribution in [2.24, 2.45) is 0 Å². The Morgan fingerprint density at radius 2 is 1.94 bits per heavy atom. The van der Waals surface area contributed by atoms with Gasteiger partial charge in [0.05, 0.1) is 18.7 Å². The van der Waals surface area contributed by atoms with Crippen molar-refractivity contribution in [3.05, 3.63) is 59.7 Å². The van der Waals surface area contributed by atoms with E-state index >= 15 is 0 Å². The number of ether oxygens (including phenoxy) is 1. The number of hydrogen-bond donors (Lipinski definition) is 0. The lowest BCUT2D eigenvalue weighted by atomic mass is 10.2. The van der Waals surface area contributed by atoms with E-state index in [0.717, 1.165) is 11.8 Å². The number of nitriles is 1. The Morgan fingerprint density at radius 1 is 1.17 bits per heavy atom. The quantitative estimate of drug-likeness (QED) is 0.828. The second kappa shape index (κ2) is 5.78. The van der Waals surface area contributed by atoms with Crippen molar-refractivity contribution in [1.29, 1.82) is 5.26 Å². The van der Waals surface area contributed by atoms with Crippen LogP contribution in [-0.4, -0.2) is 4.98 Å². The number of benzene rings is 1. The van der Waals surface area contributed by atoms with Gasteiger partial charge in [-0.1, -0.05) is 12.1 Å². The van der Waals surface area contributed by atoms with Crippen molar-refractivity contribution in [2.45, 2.75) is 13.0 Å². The maximum Gasteiger partial charge on any atom is 0.141 e. The number of pyridine rings is 1. The van der Waals surface area contributed by atoms with Crippen LogP contribution in [0.15, 0.2) is 42.7 Å². The Bertz CT molecular complexity index is 561. The molecule has 1 aromatic heterocycles. The van der Waals surface area contributed by atoms with Gasteiger partial charge in [-0.15, -0.1) is 0 Å². The molecule has 0 saturated heterocycles. The third kappa shape index (κ3) is 3.29. The zero-order chi connectivity index (χ0) is 12.8. The van der Waals surface area contributed by atoms with Gasteiger partial charge in [-0.3, -0.25) is 4.98 Å². The molecular weight excluding hydrogens is 231 g/mol. The highest BCUT2D eigenvalue weighted by molar-refractivity contribution is 5.29. The molecule has 0 amide bonds. The minimum Gasteiger partial charge on any atom is -0.489 e. The van der Waals surface area contributed by atoms with E-state index in [0.29, 0.717) is 17.7 Å². The van der Waals surface area contributed by atoms with Crippen LogP contribution in [0.25, 0.3) is 0 Å². The molecule has 90 valence electrons. The van der Waals surface area contributed by atoms with Crippen LogP contribution in [0, 0.1) is 17.1 Å². The molecule has 18 heavy (non-hydrogen) atoms. The van der Waals surface area contributed by atoms with Gasteiger partial charge < -0.3 is 4.74 Å². The van der Waals surface area contributed by atoms with Crippen LogP contribution in [0.5, 0.6) is 5.75 Å². The van der Waals surface area contributed by atoms with Crippen LogP contribution in [0.2, 0.25) is 0 Å². The van der Waals surface area contributed by atoms with Gasteiger partial charge in [0.15, 0.2) is 0 Å². The van der Waals surface area contributed by atoms with Gasteiger partial charge in [-0.25, -0.2) is 4.39 Å². The number of nitrogens with zero attached hydrogens (tertiary/aromatic N) is 2. The minimum atomic E-state index is -0.375. The standard InChI is InChI=1S/C14H11FN2O/c15-13-7-12(8-17-9-13)10-18-14-3-1-11(2-4-14)5-6-16/h1-4,7-9H,5,10H2. The molecule has 2 aromatic rings. The molecule has 0 radical (unpaired) electrons. The van der Waals surface area contributed by atoms with Gasteiger partial charge in [0, 0.05) is 11.8 Å². The Morgan fingerprint density at radius 3 is 2.61 bits per heavy atom. The molecule has 4 heteroatoms. The molecule has 0 N–H and O–H groups in total. The summed E-state index contributed by atoms with van der Waals surface area (Å²) < 4.78 is 18.4.